The number of allylic oxidation sites excluding steroid dienone is 1. The van der Waals surface area contributed by atoms with Gasteiger partial charge in [-0.3, -0.25) is 4.99 Å². The Morgan fingerprint density at radius 2 is 2.60 bits per heavy atom. The molecular weight excluding hydrogens is 126 g/mol. The molecular formula is C8H11NO. The van der Waals surface area contributed by atoms with Crippen molar-refractivity contribution in [2.45, 2.75) is 25.5 Å². The summed E-state index contributed by atoms with van der Waals surface area (Å²) < 4.78 is 5.35. The van der Waals surface area contributed by atoms with Gasteiger partial charge in [0, 0.05) is 6.21 Å². The number of nitrogens with zero attached hydrogens (tertiary/aromatic N) is 1. The van der Waals surface area contributed by atoms with Crippen LogP contribution in [-0.4, -0.2) is 19.0 Å². The third-order valence-electron chi connectivity index (χ3n) is 1.96. The Morgan fingerprint density at radius 1 is 1.60 bits per heavy atom. The first-order chi connectivity index (χ1) is 4.97. The second-order valence-corrected chi connectivity index (χ2v) is 2.69. The van der Waals surface area contributed by atoms with Gasteiger partial charge in [0.2, 0.25) is 0 Å². The molecule has 1 atom stereocenters. The van der Waals surface area contributed by atoms with Crippen molar-refractivity contribution in [2.24, 2.45) is 4.99 Å². The molecule has 0 aromatic carbocycles. The second-order valence-electron chi connectivity index (χ2n) is 2.69. The molecule has 0 bridgehead atoms. The maximum Gasteiger partial charge on any atom is 0.170 e. The van der Waals surface area contributed by atoms with E-state index in [-0.39, 0.29) is 6.23 Å². The lowest BCUT2D eigenvalue weighted by atomic mass is 10.2. The summed E-state index contributed by atoms with van der Waals surface area (Å²) in [6.07, 6.45) is 7.87. The van der Waals surface area contributed by atoms with Gasteiger partial charge in [-0.2, -0.15) is 0 Å². The predicted molar refractivity (Wildman–Crippen MR) is 40.2 cm³/mol. The molecule has 0 radical (unpaired) electrons. The normalized spacial score (nSPS) is 31.2. The first-order valence-corrected chi connectivity index (χ1v) is 3.79. The molecule has 0 saturated heterocycles. The zero-order chi connectivity index (χ0) is 6.81. The zero-order valence-electron chi connectivity index (χ0n) is 5.92. The summed E-state index contributed by atoms with van der Waals surface area (Å²) in [4.78, 5) is 4.20. The lowest BCUT2D eigenvalue weighted by Gasteiger charge is -2.06. The Hall–Kier alpha value is -0.630. The van der Waals surface area contributed by atoms with Gasteiger partial charge in [0.25, 0.3) is 0 Å². The highest BCUT2D eigenvalue weighted by Gasteiger charge is 2.18. The molecule has 1 aliphatic heterocycles. The molecule has 2 rings (SSSR count). The quantitative estimate of drug-likeness (QED) is 0.502. The fourth-order valence-corrected chi connectivity index (χ4v) is 1.44. The highest BCUT2D eigenvalue weighted by Crippen LogP contribution is 2.24. The molecule has 0 N–H and O–H groups in total. The van der Waals surface area contributed by atoms with Gasteiger partial charge in [-0.15, -0.1) is 0 Å². The van der Waals surface area contributed by atoms with Crippen LogP contribution in [-0.2, 0) is 4.74 Å². The van der Waals surface area contributed by atoms with Crippen LogP contribution in [0.3, 0.4) is 0 Å². The third kappa shape index (κ3) is 0.991. The maximum atomic E-state index is 5.35. The van der Waals surface area contributed by atoms with E-state index in [1.807, 2.05) is 6.21 Å². The van der Waals surface area contributed by atoms with Crippen molar-refractivity contribution >= 4 is 6.21 Å². The monoisotopic (exact) mass is 137 g/mol. The minimum absolute atomic E-state index is 0.0856. The van der Waals surface area contributed by atoms with E-state index in [2.05, 4.69) is 11.1 Å². The summed E-state index contributed by atoms with van der Waals surface area (Å²) in [5.41, 5.74) is 1.38. The number of ether oxygens (including phenoxy) is 1. The Balaban J connectivity index is 2.04. The van der Waals surface area contributed by atoms with E-state index in [9.17, 15) is 0 Å². The molecule has 0 saturated carbocycles. The van der Waals surface area contributed by atoms with Crippen LogP contribution >= 0.6 is 0 Å². The molecule has 1 heterocycles. The van der Waals surface area contributed by atoms with Gasteiger partial charge in [-0.25, -0.2) is 0 Å². The van der Waals surface area contributed by atoms with Gasteiger partial charge in [-0.05, 0) is 24.8 Å². The molecule has 2 aliphatic rings. The molecule has 54 valence electrons. The molecule has 1 aliphatic carbocycles. The average Bonchev–Trinajstić information content (AvgIpc) is 2.59. The molecule has 0 aromatic heterocycles. The van der Waals surface area contributed by atoms with Crippen LogP contribution in [0.1, 0.15) is 19.3 Å². The summed E-state index contributed by atoms with van der Waals surface area (Å²) in [6, 6.07) is 0. The van der Waals surface area contributed by atoms with E-state index in [0.717, 1.165) is 0 Å². The Labute approximate surface area is 60.6 Å². The highest BCUT2D eigenvalue weighted by atomic mass is 16.5. The van der Waals surface area contributed by atoms with Gasteiger partial charge in [0.05, 0.1) is 6.61 Å². The largest absolute Gasteiger partial charge is 0.347 e. The predicted octanol–water partition coefficient (Wildman–Crippen LogP) is 1.52. The Bertz CT molecular complexity index is 184. The van der Waals surface area contributed by atoms with Gasteiger partial charge < -0.3 is 4.74 Å². The topological polar surface area (TPSA) is 21.6 Å². The summed E-state index contributed by atoms with van der Waals surface area (Å²) in [5, 5.41) is 0. The molecule has 1 unspecified atom stereocenters. The van der Waals surface area contributed by atoms with Crippen molar-refractivity contribution in [2.75, 3.05) is 6.61 Å². The highest BCUT2D eigenvalue weighted by molar-refractivity contribution is 5.61. The Kier molecular flexibility index (Phi) is 1.55. The summed E-state index contributed by atoms with van der Waals surface area (Å²) >= 11 is 0. The fourth-order valence-electron chi connectivity index (χ4n) is 1.44. The summed E-state index contributed by atoms with van der Waals surface area (Å²) in [6.45, 7) is 0.696. The lowest BCUT2D eigenvalue weighted by molar-refractivity contribution is 0.135. The van der Waals surface area contributed by atoms with E-state index < -0.39 is 0 Å². The second kappa shape index (κ2) is 2.54. The van der Waals surface area contributed by atoms with E-state index in [0.29, 0.717) is 6.61 Å². The molecule has 0 fully saturated rings. The standard InChI is InChI=1S/C8H11NO/c1-2-4-7(3-1)8-9-5-6-10-8/h3,5,8H,1-2,4,6H2. The third-order valence-corrected chi connectivity index (χ3v) is 1.96. The molecule has 0 aromatic rings. The van der Waals surface area contributed by atoms with E-state index in [1.165, 1.54) is 24.8 Å². The lowest BCUT2D eigenvalue weighted by Crippen LogP contribution is -2.05. The van der Waals surface area contributed by atoms with Gasteiger partial charge >= 0.3 is 0 Å². The van der Waals surface area contributed by atoms with Crippen molar-refractivity contribution in [1.29, 1.82) is 0 Å². The van der Waals surface area contributed by atoms with Crippen LogP contribution in [0.2, 0.25) is 0 Å². The summed E-state index contributed by atoms with van der Waals surface area (Å²) in [5.74, 6) is 0. The van der Waals surface area contributed by atoms with Crippen molar-refractivity contribution in [3.8, 4) is 0 Å². The minimum atomic E-state index is 0.0856. The zero-order valence-corrected chi connectivity index (χ0v) is 5.92. The van der Waals surface area contributed by atoms with Crippen LogP contribution in [0.4, 0.5) is 0 Å². The van der Waals surface area contributed by atoms with Crippen LogP contribution in [0.15, 0.2) is 16.6 Å². The molecule has 0 amide bonds. The van der Waals surface area contributed by atoms with Crippen LogP contribution < -0.4 is 0 Å². The summed E-state index contributed by atoms with van der Waals surface area (Å²) in [7, 11) is 0. The van der Waals surface area contributed by atoms with E-state index >= 15 is 0 Å². The maximum absolute atomic E-state index is 5.35. The minimum Gasteiger partial charge on any atom is -0.347 e. The smallest absolute Gasteiger partial charge is 0.170 e. The average molecular weight is 137 g/mol. The fraction of sp³-hybridized carbons (Fsp3) is 0.625. The van der Waals surface area contributed by atoms with Crippen molar-refractivity contribution in [3.63, 3.8) is 0 Å². The van der Waals surface area contributed by atoms with Gasteiger partial charge in [-0.1, -0.05) is 6.08 Å². The van der Waals surface area contributed by atoms with Crippen LogP contribution in [0, 0.1) is 0 Å². The first-order valence-electron chi connectivity index (χ1n) is 3.79. The number of hydrogen-bond acceptors (Lipinski definition) is 2. The first kappa shape index (κ1) is 6.10. The molecule has 10 heavy (non-hydrogen) atoms. The molecule has 0 spiro atoms. The van der Waals surface area contributed by atoms with Crippen molar-refractivity contribution in [3.05, 3.63) is 11.6 Å². The van der Waals surface area contributed by atoms with Crippen LogP contribution in [0.25, 0.3) is 0 Å². The van der Waals surface area contributed by atoms with Crippen molar-refractivity contribution in [1.82, 2.24) is 0 Å². The molecule has 2 heteroatoms. The van der Waals surface area contributed by atoms with E-state index in [4.69, 9.17) is 4.74 Å². The number of hydrogen-bond donors (Lipinski definition) is 0. The number of aliphatic imine (C=N–C) groups is 1. The Morgan fingerprint density at radius 3 is 3.20 bits per heavy atom. The van der Waals surface area contributed by atoms with Crippen molar-refractivity contribution < 1.29 is 4.74 Å². The SMILES string of the molecule is C1=NC(C2=CCCC2)OC1. The van der Waals surface area contributed by atoms with Gasteiger partial charge in [0.1, 0.15) is 0 Å². The molecule has 2 nitrogen and oxygen atoms in total. The van der Waals surface area contributed by atoms with E-state index in [1.54, 1.807) is 0 Å². The van der Waals surface area contributed by atoms with Crippen LogP contribution in [0.5, 0.6) is 0 Å². The number of rotatable bonds is 1. The van der Waals surface area contributed by atoms with Gasteiger partial charge in [0.15, 0.2) is 6.23 Å².